The maximum absolute atomic E-state index is 5.88. The average molecular weight is 258 g/mol. The zero-order valence-electron chi connectivity index (χ0n) is 11.6. The second-order valence-electron chi connectivity index (χ2n) is 4.37. The van der Waals surface area contributed by atoms with Crippen LogP contribution in [0.25, 0.3) is 0 Å². The highest BCUT2D eigenvalue weighted by molar-refractivity contribution is 5.61. The summed E-state index contributed by atoms with van der Waals surface area (Å²) in [6, 6.07) is 5.24. The molecule has 0 bridgehead atoms. The predicted molar refractivity (Wildman–Crippen MR) is 82.8 cm³/mol. The van der Waals surface area contributed by atoms with Gasteiger partial charge >= 0.3 is 0 Å². The van der Waals surface area contributed by atoms with Gasteiger partial charge in [0, 0.05) is 5.69 Å². The minimum Gasteiger partial charge on any atom is -0.456 e. The van der Waals surface area contributed by atoms with Crippen LogP contribution in [0.5, 0.6) is 5.75 Å². The van der Waals surface area contributed by atoms with Gasteiger partial charge in [-0.1, -0.05) is 26.0 Å². The first-order chi connectivity index (χ1) is 9.06. The molecule has 0 aliphatic carbocycles. The summed E-state index contributed by atoms with van der Waals surface area (Å²) in [4.78, 5) is 0. The number of anilines is 2. The number of rotatable bonds is 6. The molecule has 0 amide bonds. The summed E-state index contributed by atoms with van der Waals surface area (Å²) in [6.07, 6.45) is 8.73. The number of hydrogen-bond acceptors (Lipinski definition) is 3. The number of ether oxygens (including phenoxy) is 1. The summed E-state index contributed by atoms with van der Waals surface area (Å²) in [6.45, 7) is 7.86. The molecule has 0 spiro atoms. The molecule has 0 heterocycles. The minimum atomic E-state index is 0.299. The Bertz CT molecular complexity index is 490. The second-order valence-corrected chi connectivity index (χ2v) is 4.37. The van der Waals surface area contributed by atoms with Gasteiger partial charge in [-0.25, -0.2) is 0 Å². The molecule has 3 nitrogen and oxygen atoms in total. The van der Waals surface area contributed by atoms with Gasteiger partial charge in [0.05, 0.1) is 5.69 Å². The molecule has 1 unspecified atom stereocenters. The van der Waals surface area contributed by atoms with Crippen molar-refractivity contribution in [2.75, 3.05) is 11.5 Å². The van der Waals surface area contributed by atoms with Crippen molar-refractivity contribution in [3.63, 3.8) is 0 Å². The molecular weight excluding hydrogens is 236 g/mol. The second kappa shape index (κ2) is 7.31. The van der Waals surface area contributed by atoms with Crippen molar-refractivity contribution in [2.24, 2.45) is 5.92 Å². The average Bonchev–Trinajstić information content (AvgIpc) is 2.38. The molecule has 0 saturated carbocycles. The van der Waals surface area contributed by atoms with E-state index in [4.69, 9.17) is 16.2 Å². The number of benzene rings is 1. The molecule has 19 heavy (non-hydrogen) atoms. The Labute approximate surface area is 115 Å². The fourth-order valence-electron chi connectivity index (χ4n) is 1.46. The van der Waals surface area contributed by atoms with Crippen LogP contribution < -0.4 is 16.2 Å². The molecule has 1 atom stereocenters. The summed E-state index contributed by atoms with van der Waals surface area (Å²) in [7, 11) is 0. The van der Waals surface area contributed by atoms with Gasteiger partial charge in [0.25, 0.3) is 0 Å². The van der Waals surface area contributed by atoms with Crippen molar-refractivity contribution in [3.05, 3.63) is 54.8 Å². The normalized spacial score (nSPS) is 13.5. The molecule has 1 rings (SSSR count). The standard InChI is InChI=1S/C16H22N2O/c1-4-6-14(9-7-12(3)5-2)19-16-10-8-13(17)11-15(16)18/h5-12H,2,4,17-18H2,1,3H3/b9-7-,14-6+. The van der Waals surface area contributed by atoms with Gasteiger partial charge in [-0.2, -0.15) is 0 Å². The van der Waals surface area contributed by atoms with Crippen LogP contribution >= 0.6 is 0 Å². The molecule has 0 aromatic heterocycles. The van der Waals surface area contributed by atoms with Gasteiger partial charge in [-0.3, -0.25) is 0 Å². The minimum absolute atomic E-state index is 0.299. The van der Waals surface area contributed by atoms with Gasteiger partial charge in [0.15, 0.2) is 0 Å². The van der Waals surface area contributed by atoms with Crippen LogP contribution in [0, 0.1) is 5.92 Å². The summed E-state index contributed by atoms with van der Waals surface area (Å²) in [5.41, 5.74) is 12.7. The van der Waals surface area contributed by atoms with Gasteiger partial charge < -0.3 is 16.2 Å². The highest BCUT2D eigenvalue weighted by atomic mass is 16.5. The number of nitrogen functional groups attached to an aromatic ring is 2. The van der Waals surface area contributed by atoms with E-state index in [9.17, 15) is 0 Å². The molecule has 4 N–H and O–H groups in total. The largest absolute Gasteiger partial charge is 0.456 e. The number of nitrogens with two attached hydrogens (primary N) is 2. The maximum atomic E-state index is 5.88. The Kier molecular flexibility index (Phi) is 5.73. The van der Waals surface area contributed by atoms with E-state index >= 15 is 0 Å². The van der Waals surface area contributed by atoms with Gasteiger partial charge in [0.2, 0.25) is 0 Å². The van der Waals surface area contributed by atoms with E-state index in [1.165, 1.54) is 0 Å². The topological polar surface area (TPSA) is 61.3 Å². The summed E-state index contributed by atoms with van der Waals surface area (Å²) in [5.74, 6) is 1.69. The predicted octanol–water partition coefficient (Wildman–Crippen LogP) is 3.90. The van der Waals surface area contributed by atoms with E-state index in [1.54, 1.807) is 18.2 Å². The van der Waals surface area contributed by atoms with Crippen LogP contribution in [-0.2, 0) is 0 Å². The molecule has 1 aromatic rings. The van der Waals surface area contributed by atoms with Crippen LogP contribution in [0.4, 0.5) is 11.4 Å². The van der Waals surface area contributed by atoms with Crippen molar-refractivity contribution >= 4 is 11.4 Å². The molecule has 0 aliphatic heterocycles. The summed E-state index contributed by atoms with van der Waals surface area (Å²) < 4.78 is 5.80. The number of hydrogen-bond donors (Lipinski definition) is 2. The Hall–Kier alpha value is -2.16. The lowest BCUT2D eigenvalue weighted by molar-refractivity contribution is 0.443. The maximum Gasteiger partial charge on any atom is 0.150 e. The molecule has 102 valence electrons. The van der Waals surface area contributed by atoms with Crippen molar-refractivity contribution in [1.82, 2.24) is 0 Å². The first-order valence-corrected chi connectivity index (χ1v) is 6.40. The smallest absolute Gasteiger partial charge is 0.150 e. The third kappa shape index (κ3) is 4.92. The van der Waals surface area contributed by atoms with E-state index in [2.05, 4.69) is 20.4 Å². The van der Waals surface area contributed by atoms with Crippen LogP contribution in [0.3, 0.4) is 0 Å². The Morgan fingerprint density at radius 1 is 1.42 bits per heavy atom. The molecule has 0 fully saturated rings. The zero-order chi connectivity index (χ0) is 14.3. The molecule has 3 heteroatoms. The first kappa shape index (κ1) is 14.9. The van der Waals surface area contributed by atoms with E-state index in [0.717, 1.165) is 12.2 Å². The Morgan fingerprint density at radius 2 is 2.16 bits per heavy atom. The van der Waals surface area contributed by atoms with Crippen LogP contribution in [-0.4, -0.2) is 0 Å². The third-order valence-corrected chi connectivity index (χ3v) is 2.60. The molecule has 0 saturated heterocycles. The fourth-order valence-corrected chi connectivity index (χ4v) is 1.46. The van der Waals surface area contributed by atoms with E-state index in [1.807, 2.05) is 24.3 Å². The van der Waals surface area contributed by atoms with E-state index in [0.29, 0.717) is 23.0 Å². The lowest BCUT2D eigenvalue weighted by Crippen LogP contribution is -1.98. The monoisotopic (exact) mass is 258 g/mol. The van der Waals surface area contributed by atoms with Crippen molar-refractivity contribution in [1.29, 1.82) is 0 Å². The quantitative estimate of drug-likeness (QED) is 0.352. The van der Waals surface area contributed by atoms with Gasteiger partial charge in [-0.15, -0.1) is 6.58 Å². The van der Waals surface area contributed by atoms with E-state index < -0.39 is 0 Å². The molecule has 0 aliphatic rings. The Morgan fingerprint density at radius 3 is 2.74 bits per heavy atom. The van der Waals surface area contributed by atoms with Crippen LogP contribution in [0.1, 0.15) is 20.3 Å². The summed E-state index contributed by atoms with van der Waals surface area (Å²) >= 11 is 0. The molecular formula is C16H22N2O. The van der Waals surface area contributed by atoms with Crippen molar-refractivity contribution in [3.8, 4) is 5.75 Å². The van der Waals surface area contributed by atoms with Crippen molar-refractivity contribution < 1.29 is 4.74 Å². The van der Waals surface area contributed by atoms with Crippen molar-refractivity contribution in [2.45, 2.75) is 20.3 Å². The molecule has 0 radical (unpaired) electrons. The van der Waals surface area contributed by atoms with Crippen LogP contribution in [0.15, 0.2) is 54.8 Å². The SMILES string of the molecule is C=CC(C)/C=C\C(=C/CC)Oc1ccc(N)cc1N. The fraction of sp³-hybridized carbons (Fsp3) is 0.250. The van der Waals surface area contributed by atoms with E-state index in [-0.39, 0.29) is 0 Å². The highest BCUT2D eigenvalue weighted by Gasteiger charge is 2.03. The Balaban J connectivity index is 2.87. The van der Waals surface area contributed by atoms with Gasteiger partial charge in [0.1, 0.15) is 11.5 Å². The lowest BCUT2D eigenvalue weighted by atomic mass is 10.1. The first-order valence-electron chi connectivity index (χ1n) is 6.40. The van der Waals surface area contributed by atoms with Crippen LogP contribution in [0.2, 0.25) is 0 Å². The lowest BCUT2D eigenvalue weighted by Gasteiger charge is -2.10. The third-order valence-electron chi connectivity index (χ3n) is 2.60. The number of allylic oxidation sites excluding steroid dienone is 4. The summed E-state index contributed by atoms with van der Waals surface area (Å²) in [5, 5.41) is 0. The van der Waals surface area contributed by atoms with Gasteiger partial charge in [-0.05, 0) is 42.7 Å². The molecule has 1 aromatic carbocycles. The highest BCUT2D eigenvalue weighted by Crippen LogP contribution is 2.26. The zero-order valence-corrected chi connectivity index (χ0v) is 11.6.